The Morgan fingerprint density at radius 1 is 1.25 bits per heavy atom. The van der Waals surface area contributed by atoms with Crippen LogP contribution in [0.15, 0.2) is 58.7 Å². The topological polar surface area (TPSA) is 53.8 Å². The lowest BCUT2D eigenvalue weighted by Crippen LogP contribution is -2.25. The Kier molecular flexibility index (Phi) is 5.05. The maximum Gasteiger partial charge on any atom is 0.239 e. The van der Waals surface area contributed by atoms with Gasteiger partial charge in [-0.05, 0) is 25.0 Å². The highest BCUT2D eigenvalue weighted by Gasteiger charge is 2.30. The number of nitrogens with one attached hydrogen (secondary N) is 1. The maximum atomic E-state index is 13.5. The highest BCUT2D eigenvalue weighted by molar-refractivity contribution is 8.15. The molecule has 0 spiro atoms. The Labute approximate surface area is 143 Å². The minimum atomic E-state index is -0.359. The van der Waals surface area contributed by atoms with Crippen LogP contribution in [0.1, 0.15) is 16.7 Å². The van der Waals surface area contributed by atoms with Crippen LogP contribution in [0.5, 0.6) is 0 Å². The Morgan fingerprint density at radius 2 is 2.08 bits per heavy atom. The number of benzene rings is 2. The van der Waals surface area contributed by atoms with Gasteiger partial charge in [-0.15, -0.1) is 5.10 Å². The normalized spacial score (nSPS) is 19.2. The van der Waals surface area contributed by atoms with Gasteiger partial charge in [-0.1, -0.05) is 59.8 Å². The van der Waals surface area contributed by atoms with Gasteiger partial charge in [0.15, 0.2) is 5.17 Å². The number of hydrogen-bond acceptors (Lipinski definition) is 4. The zero-order chi connectivity index (χ0) is 16.9. The van der Waals surface area contributed by atoms with Crippen LogP contribution in [0, 0.1) is 12.7 Å². The van der Waals surface area contributed by atoms with Crippen molar-refractivity contribution in [3.8, 4) is 0 Å². The third kappa shape index (κ3) is 4.08. The number of halogens is 1. The van der Waals surface area contributed by atoms with Crippen LogP contribution in [0.3, 0.4) is 0 Å². The third-order valence-corrected chi connectivity index (χ3v) is 4.60. The molecule has 1 saturated heterocycles. The summed E-state index contributed by atoms with van der Waals surface area (Å²) in [5.41, 5.74) is 2.63. The second-order valence-electron chi connectivity index (χ2n) is 5.46. The quantitative estimate of drug-likeness (QED) is 0.685. The number of aryl methyl sites for hydroxylation is 1. The molecule has 0 aliphatic carbocycles. The molecule has 3 rings (SSSR count). The number of rotatable bonds is 4. The second-order valence-corrected chi connectivity index (χ2v) is 6.65. The molecular formula is C18H16FN3OS. The van der Waals surface area contributed by atoms with Gasteiger partial charge in [0.05, 0.1) is 11.5 Å². The van der Waals surface area contributed by atoms with Crippen molar-refractivity contribution in [3.63, 3.8) is 0 Å². The SMILES string of the molecule is Cc1cccc(C[C@H]2S/C(=N\N=C\c3ccccc3F)NC2=O)c1. The highest BCUT2D eigenvalue weighted by Crippen LogP contribution is 2.23. The van der Waals surface area contributed by atoms with Gasteiger partial charge in [-0.3, -0.25) is 4.79 Å². The number of nitrogens with zero attached hydrogens (tertiary/aromatic N) is 2. The van der Waals surface area contributed by atoms with Crippen molar-refractivity contribution in [2.75, 3.05) is 0 Å². The lowest BCUT2D eigenvalue weighted by atomic mass is 10.1. The molecule has 4 nitrogen and oxygen atoms in total. The molecule has 1 heterocycles. The van der Waals surface area contributed by atoms with E-state index in [0.29, 0.717) is 17.2 Å². The van der Waals surface area contributed by atoms with E-state index in [0.717, 1.165) is 5.56 Å². The smallest absolute Gasteiger partial charge is 0.239 e. The first kappa shape index (κ1) is 16.4. The minimum absolute atomic E-state index is 0.0821. The summed E-state index contributed by atoms with van der Waals surface area (Å²) in [7, 11) is 0. The van der Waals surface area contributed by atoms with Crippen LogP contribution in [0.25, 0.3) is 0 Å². The molecule has 1 amide bonds. The largest absolute Gasteiger partial charge is 0.303 e. The van der Waals surface area contributed by atoms with Crippen LogP contribution in [0.2, 0.25) is 0 Å². The predicted molar refractivity (Wildman–Crippen MR) is 95.8 cm³/mol. The molecule has 2 aromatic carbocycles. The van der Waals surface area contributed by atoms with Crippen molar-refractivity contribution < 1.29 is 9.18 Å². The van der Waals surface area contributed by atoms with Crippen LogP contribution in [-0.4, -0.2) is 22.5 Å². The summed E-state index contributed by atoms with van der Waals surface area (Å²) in [5, 5.41) is 10.7. The van der Waals surface area contributed by atoms with Gasteiger partial charge >= 0.3 is 0 Å². The van der Waals surface area contributed by atoms with E-state index in [1.54, 1.807) is 18.2 Å². The summed E-state index contributed by atoms with van der Waals surface area (Å²) < 4.78 is 13.5. The highest BCUT2D eigenvalue weighted by atomic mass is 32.2. The first-order valence-electron chi connectivity index (χ1n) is 7.50. The molecule has 0 unspecified atom stereocenters. The number of amides is 1. The fourth-order valence-corrected chi connectivity index (χ4v) is 3.33. The maximum absolute atomic E-state index is 13.5. The molecule has 1 N–H and O–H groups in total. The van der Waals surface area contributed by atoms with Crippen LogP contribution in [-0.2, 0) is 11.2 Å². The lowest BCUT2D eigenvalue weighted by Gasteiger charge is -2.05. The van der Waals surface area contributed by atoms with E-state index >= 15 is 0 Å². The Balaban J connectivity index is 1.65. The van der Waals surface area contributed by atoms with Crippen LogP contribution in [0.4, 0.5) is 4.39 Å². The summed E-state index contributed by atoms with van der Waals surface area (Å²) in [4.78, 5) is 12.0. The first-order chi connectivity index (χ1) is 11.6. The van der Waals surface area contributed by atoms with Gasteiger partial charge in [0.2, 0.25) is 5.91 Å². The number of thioether (sulfide) groups is 1. The van der Waals surface area contributed by atoms with Crippen molar-refractivity contribution in [3.05, 3.63) is 71.0 Å². The molecule has 122 valence electrons. The standard InChI is InChI=1S/C18H16FN3OS/c1-12-5-4-6-13(9-12)10-16-17(23)21-18(24-16)22-20-11-14-7-2-3-8-15(14)19/h2-9,11,16H,10H2,1H3,(H,21,22,23)/b20-11+/t16-/m1/s1. The summed E-state index contributed by atoms with van der Waals surface area (Å²) >= 11 is 1.34. The Bertz CT molecular complexity index is 819. The summed E-state index contributed by atoms with van der Waals surface area (Å²) in [6, 6.07) is 14.4. The van der Waals surface area contributed by atoms with E-state index in [2.05, 4.69) is 21.6 Å². The first-order valence-corrected chi connectivity index (χ1v) is 8.38. The average Bonchev–Trinajstić information content (AvgIpc) is 2.89. The monoisotopic (exact) mass is 341 g/mol. The number of carbonyl (C=O) groups excluding carboxylic acids is 1. The van der Waals surface area contributed by atoms with Crippen molar-refractivity contribution in [2.45, 2.75) is 18.6 Å². The van der Waals surface area contributed by atoms with Gasteiger partial charge in [-0.25, -0.2) is 4.39 Å². The van der Waals surface area contributed by atoms with Crippen LogP contribution >= 0.6 is 11.8 Å². The van der Waals surface area contributed by atoms with Gasteiger partial charge in [-0.2, -0.15) is 5.10 Å². The minimum Gasteiger partial charge on any atom is -0.303 e. The van der Waals surface area contributed by atoms with Gasteiger partial charge in [0.1, 0.15) is 5.82 Å². The molecule has 0 bridgehead atoms. The fraction of sp³-hybridized carbons (Fsp3) is 0.167. The van der Waals surface area contributed by atoms with Gasteiger partial charge in [0.25, 0.3) is 0 Å². The van der Waals surface area contributed by atoms with Gasteiger partial charge in [0, 0.05) is 5.56 Å². The predicted octanol–water partition coefficient (Wildman–Crippen LogP) is 3.30. The van der Waals surface area contributed by atoms with Crippen molar-refractivity contribution >= 4 is 29.1 Å². The molecule has 24 heavy (non-hydrogen) atoms. The molecule has 6 heteroatoms. The van der Waals surface area contributed by atoms with E-state index in [1.165, 1.54) is 29.6 Å². The summed E-state index contributed by atoms with van der Waals surface area (Å²) in [6.45, 7) is 2.02. The van der Waals surface area contributed by atoms with E-state index < -0.39 is 0 Å². The fourth-order valence-electron chi connectivity index (χ4n) is 2.36. The molecule has 1 fully saturated rings. The van der Waals surface area contributed by atoms with Crippen LogP contribution < -0.4 is 5.32 Å². The molecule has 1 aliphatic rings. The average molecular weight is 341 g/mol. The zero-order valence-electron chi connectivity index (χ0n) is 13.1. The second kappa shape index (κ2) is 7.40. The van der Waals surface area contributed by atoms with Crippen molar-refractivity contribution in [2.24, 2.45) is 10.2 Å². The van der Waals surface area contributed by atoms with Crippen molar-refractivity contribution in [1.29, 1.82) is 0 Å². The van der Waals surface area contributed by atoms with Crippen molar-refractivity contribution in [1.82, 2.24) is 5.32 Å². The van der Waals surface area contributed by atoms with Gasteiger partial charge < -0.3 is 5.32 Å². The number of carbonyl (C=O) groups is 1. The Morgan fingerprint density at radius 3 is 2.88 bits per heavy atom. The lowest BCUT2D eigenvalue weighted by molar-refractivity contribution is -0.118. The molecule has 2 aromatic rings. The Hall–Kier alpha value is -2.47. The molecule has 0 aromatic heterocycles. The summed E-state index contributed by atoms with van der Waals surface area (Å²) in [5.74, 6) is -0.441. The number of hydrogen-bond donors (Lipinski definition) is 1. The number of amidine groups is 1. The molecular weight excluding hydrogens is 325 g/mol. The third-order valence-electron chi connectivity index (χ3n) is 3.53. The molecule has 1 aliphatic heterocycles. The van der Waals surface area contributed by atoms with E-state index in [-0.39, 0.29) is 17.0 Å². The van der Waals surface area contributed by atoms with E-state index in [1.807, 2.05) is 25.1 Å². The molecule has 1 atom stereocenters. The molecule has 0 radical (unpaired) electrons. The zero-order valence-corrected chi connectivity index (χ0v) is 13.9. The summed E-state index contributed by atoms with van der Waals surface area (Å²) in [6.07, 6.45) is 1.97. The van der Waals surface area contributed by atoms with E-state index in [4.69, 9.17) is 0 Å². The van der Waals surface area contributed by atoms with E-state index in [9.17, 15) is 9.18 Å². The molecule has 0 saturated carbocycles.